The van der Waals surface area contributed by atoms with Crippen LogP contribution in [-0.4, -0.2) is 12.1 Å². The molecule has 3 nitrogen and oxygen atoms in total. The summed E-state index contributed by atoms with van der Waals surface area (Å²) in [7, 11) is 1.53. The maximum absolute atomic E-state index is 13.7. The fourth-order valence-corrected chi connectivity index (χ4v) is 1.65. The number of pyridine rings is 1. The number of hydrogen-bond acceptors (Lipinski definition) is 3. The highest BCUT2D eigenvalue weighted by Gasteiger charge is 2.10. The van der Waals surface area contributed by atoms with Crippen LogP contribution in [0.25, 0.3) is 0 Å². The first-order chi connectivity index (χ1) is 9.11. The zero-order valence-electron chi connectivity index (χ0n) is 10.7. The van der Waals surface area contributed by atoms with Gasteiger partial charge in [0.2, 0.25) is 5.88 Å². The van der Waals surface area contributed by atoms with Gasteiger partial charge < -0.3 is 10.1 Å². The molecule has 0 unspecified atom stereocenters. The van der Waals surface area contributed by atoms with E-state index >= 15 is 0 Å². The average molecular weight is 264 g/mol. The monoisotopic (exact) mass is 264 g/mol. The van der Waals surface area contributed by atoms with Crippen LogP contribution in [0.5, 0.6) is 5.88 Å². The van der Waals surface area contributed by atoms with Crippen molar-refractivity contribution in [2.75, 3.05) is 12.4 Å². The largest absolute Gasteiger partial charge is 0.481 e. The Morgan fingerprint density at radius 3 is 2.63 bits per heavy atom. The van der Waals surface area contributed by atoms with Crippen molar-refractivity contribution >= 4 is 5.69 Å². The Kier molecular flexibility index (Phi) is 3.94. The molecule has 0 saturated heterocycles. The average Bonchev–Trinajstić information content (AvgIpc) is 2.44. The molecular weight excluding hydrogens is 250 g/mol. The van der Waals surface area contributed by atoms with Crippen molar-refractivity contribution in [2.24, 2.45) is 0 Å². The summed E-state index contributed by atoms with van der Waals surface area (Å²) in [4.78, 5) is 4.02. The SMILES string of the molecule is COc1ccc(CNc2c(F)ccc(C)c2F)cn1. The summed E-state index contributed by atoms with van der Waals surface area (Å²) >= 11 is 0. The molecule has 100 valence electrons. The molecule has 1 N–H and O–H groups in total. The Balaban J connectivity index is 2.12. The molecule has 0 amide bonds. The number of ether oxygens (including phenoxy) is 1. The van der Waals surface area contributed by atoms with E-state index in [9.17, 15) is 8.78 Å². The molecular formula is C14H14F2N2O. The van der Waals surface area contributed by atoms with E-state index in [0.29, 0.717) is 11.4 Å². The Labute approximate surface area is 110 Å². The van der Waals surface area contributed by atoms with Crippen molar-refractivity contribution in [3.05, 3.63) is 53.2 Å². The lowest BCUT2D eigenvalue weighted by molar-refractivity contribution is 0.397. The minimum Gasteiger partial charge on any atom is -0.481 e. The predicted octanol–water partition coefficient (Wildman–Crippen LogP) is 3.29. The summed E-state index contributed by atoms with van der Waals surface area (Å²) in [5, 5.41) is 2.74. The van der Waals surface area contributed by atoms with Gasteiger partial charge in [0.05, 0.1) is 7.11 Å². The number of rotatable bonds is 4. The third kappa shape index (κ3) is 2.99. The fraction of sp³-hybridized carbons (Fsp3) is 0.214. The molecule has 0 aliphatic carbocycles. The fourth-order valence-electron chi connectivity index (χ4n) is 1.65. The Morgan fingerprint density at radius 1 is 1.21 bits per heavy atom. The van der Waals surface area contributed by atoms with Crippen molar-refractivity contribution in [3.63, 3.8) is 0 Å². The highest BCUT2D eigenvalue weighted by atomic mass is 19.1. The molecule has 0 bridgehead atoms. The van der Waals surface area contributed by atoms with E-state index in [1.165, 1.54) is 19.2 Å². The third-order valence-corrected chi connectivity index (χ3v) is 2.76. The zero-order chi connectivity index (χ0) is 13.8. The molecule has 1 heterocycles. The molecule has 0 aliphatic rings. The van der Waals surface area contributed by atoms with Crippen LogP contribution in [-0.2, 0) is 6.54 Å². The van der Waals surface area contributed by atoms with Gasteiger partial charge >= 0.3 is 0 Å². The van der Waals surface area contributed by atoms with Crippen molar-refractivity contribution in [2.45, 2.75) is 13.5 Å². The summed E-state index contributed by atoms with van der Waals surface area (Å²) in [6.45, 7) is 1.88. The van der Waals surface area contributed by atoms with Gasteiger partial charge in [-0.3, -0.25) is 0 Å². The van der Waals surface area contributed by atoms with E-state index in [0.717, 1.165) is 5.56 Å². The first-order valence-electron chi connectivity index (χ1n) is 5.79. The predicted molar refractivity (Wildman–Crippen MR) is 69.2 cm³/mol. The quantitative estimate of drug-likeness (QED) is 0.920. The first kappa shape index (κ1) is 13.3. The third-order valence-electron chi connectivity index (χ3n) is 2.76. The minimum atomic E-state index is -0.607. The van der Waals surface area contributed by atoms with Gasteiger partial charge in [0.25, 0.3) is 0 Å². The molecule has 19 heavy (non-hydrogen) atoms. The Bertz CT molecular complexity index is 570. The number of halogens is 2. The molecule has 0 fully saturated rings. The van der Waals surface area contributed by atoms with Crippen LogP contribution in [0.1, 0.15) is 11.1 Å². The van der Waals surface area contributed by atoms with E-state index < -0.39 is 11.6 Å². The molecule has 0 radical (unpaired) electrons. The second kappa shape index (κ2) is 5.65. The van der Waals surface area contributed by atoms with Crippen molar-refractivity contribution in [1.29, 1.82) is 0 Å². The van der Waals surface area contributed by atoms with Crippen LogP contribution in [0.2, 0.25) is 0 Å². The molecule has 0 spiro atoms. The minimum absolute atomic E-state index is 0.115. The molecule has 0 saturated carbocycles. The summed E-state index contributed by atoms with van der Waals surface area (Å²) in [6, 6.07) is 6.13. The van der Waals surface area contributed by atoms with Gasteiger partial charge in [0.15, 0.2) is 5.82 Å². The van der Waals surface area contributed by atoms with Crippen molar-refractivity contribution in [3.8, 4) is 5.88 Å². The van der Waals surface area contributed by atoms with Crippen LogP contribution < -0.4 is 10.1 Å². The second-order valence-corrected chi connectivity index (χ2v) is 4.12. The van der Waals surface area contributed by atoms with Crippen LogP contribution in [0.15, 0.2) is 30.5 Å². The van der Waals surface area contributed by atoms with Gasteiger partial charge in [-0.25, -0.2) is 13.8 Å². The Hall–Kier alpha value is -2.17. The summed E-state index contributed by atoms with van der Waals surface area (Å²) < 4.78 is 32.2. The molecule has 1 aromatic carbocycles. The molecule has 0 atom stereocenters. The normalized spacial score (nSPS) is 10.3. The van der Waals surface area contributed by atoms with Crippen LogP contribution in [0.3, 0.4) is 0 Å². The van der Waals surface area contributed by atoms with Gasteiger partial charge in [-0.1, -0.05) is 12.1 Å². The smallest absolute Gasteiger partial charge is 0.212 e. The van der Waals surface area contributed by atoms with Gasteiger partial charge in [0.1, 0.15) is 11.5 Å². The molecule has 5 heteroatoms. The van der Waals surface area contributed by atoms with Crippen LogP contribution in [0.4, 0.5) is 14.5 Å². The number of nitrogens with zero attached hydrogens (tertiary/aromatic N) is 1. The lowest BCUT2D eigenvalue weighted by Gasteiger charge is -2.10. The number of aromatic nitrogens is 1. The topological polar surface area (TPSA) is 34.1 Å². The number of nitrogens with one attached hydrogen (secondary N) is 1. The summed E-state index contributed by atoms with van der Waals surface area (Å²) in [5.41, 5.74) is 1.09. The second-order valence-electron chi connectivity index (χ2n) is 4.12. The molecule has 1 aromatic heterocycles. The standard InChI is InChI=1S/C14H14F2N2O/c1-9-3-5-11(15)14(13(9)16)18-8-10-4-6-12(19-2)17-7-10/h3-7,18H,8H2,1-2H3. The van der Waals surface area contributed by atoms with E-state index in [4.69, 9.17) is 4.74 Å². The number of aryl methyl sites for hydroxylation is 1. The highest BCUT2D eigenvalue weighted by Crippen LogP contribution is 2.22. The molecule has 0 aliphatic heterocycles. The van der Waals surface area contributed by atoms with Gasteiger partial charge in [-0.2, -0.15) is 0 Å². The summed E-state index contributed by atoms with van der Waals surface area (Å²) in [6.07, 6.45) is 1.59. The van der Waals surface area contributed by atoms with E-state index in [-0.39, 0.29) is 12.2 Å². The van der Waals surface area contributed by atoms with E-state index in [1.54, 1.807) is 25.3 Å². The molecule has 2 aromatic rings. The Morgan fingerprint density at radius 2 is 2.00 bits per heavy atom. The zero-order valence-corrected chi connectivity index (χ0v) is 10.7. The number of methoxy groups -OCH3 is 1. The van der Waals surface area contributed by atoms with Gasteiger partial charge in [-0.15, -0.1) is 0 Å². The van der Waals surface area contributed by atoms with E-state index in [1.807, 2.05) is 0 Å². The van der Waals surface area contributed by atoms with Gasteiger partial charge in [-0.05, 0) is 24.1 Å². The number of hydrogen-bond donors (Lipinski definition) is 1. The molecule has 2 rings (SSSR count). The van der Waals surface area contributed by atoms with E-state index in [2.05, 4.69) is 10.3 Å². The maximum atomic E-state index is 13.7. The van der Waals surface area contributed by atoms with Crippen LogP contribution >= 0.6 is 0 Å². The van der Waals surface area contributed by atoms with Gasteiger partial charge in [0, 0.05) is 18.8 Å². The highest BCUT2D eigenvalue weighted by molar-refractivity contribution is 5.49. The number of benzene rings is 1. The first-order valence-corrected chi connectivity index (χ1v) is 5.79. The summed E-state index contributed by atoms with van der Waals surface area (Å²) in [5.74, 6) is -0.678. The maximum Gasteiger partial charge on any atom is 0.212 e. The number of anilines is 1. The lowest BCUT2D eigenvalue weighted by atomic mass is 10.2. The van der Waals surface area contributed by atoms with Crippen molar-refractivity contribution < 1.29 is 13.5 Å². The lowest BCUT2D eigenvalue weighted by Crippen LogP contribution is -2.05. The van der Waals surface area contributed by atoms with Crippen LogP contribution in [0, 0.1) is 18.6 Å². The van der Waals surface area contributed by atoms with Crippen molar-refractivity contribution in [1.82, 2.24) is 4.98 Å².